The maximum Gasteiger partial charge on any atom is 0.246 e. The maximum absolute atomic E-state index is 12.0. The molecule has 0 saturated carbocycles. The van der Waals surface area contributed by atoms with Gasteiger partial charge in [-0.05, 0) is 19.1 Å². The van der Waals surface area contributed by atoms with Crippen LogP contribution in [0.3, 0.4) is 0 Å². The average Bonchev–Trinajstić information content (AvgIpc) is 2.81. The summed E-state index contributed by atoms with van der Waals surface area (Å²) < 4.78 is 1.87. The number of fused-ring (bicyclic) bond motifs is 1. The van der Waals surface area contributed by atoms with Crippen LogP contribution in [0.5, 0.6) is 0 Å². The first-order valence-electron chi connectivity index (χ1n) is 6.15. The zero-order chi connectivity index (χ0) is 13.4. The van der Waals surface area contributed by atoms with Gasteiger partial charge in [0.2, 0.25) is 11.8 Å². The van der Waals surface area contributed by atoms with Gasteiger partial charge in [0, 0.05) is 12.4 Å². The summed E-state index contributed by atoms with van der Waals surface area (Å²) in [6.45, 7) is 2.18. The van der Waals surface area contributed by atoms with Gasteiger partial charge in [-0.1, -0.05) is 6.07 Å². The molecule has 6 nitrogen and oxygen atoms in total. The highest BCUT2D eigenvalue weighted by atomic mass is 16.2. The maximum atomic E-state index is 12.0. The van der Waals surface area contributed by atoms with Crippen molar-refractivity contribution in [2.75, 3.05) is 6.54 Å². The van der Waals surface area contributed by atoms with Gasteiger partial charge in [-0.2, -0.15) is 0 Å². The van der Waals surface area contributed by atoms with Gasteiger partial charge in [0.05, 0.1) is 24.8 Å². The van der Waals surface area contributed by atoms with Crippen molar-refractivity contribution in [2.24, 2.45) is 0 Å². The molecule has 0 aromatic carbocycles. The highest BCUT2D eigenvalue weighted by Crippen LogP contribution is 2.11. The van der Waals surface area contributed by atoms with E-state index < -0.39 is 0 Å². The Morgan fingerprint density at radius 3 is 3.05 bits per heavy atom. The highest BCUT2D eigenvalue weighted by molar-refractivity contribution is 6.00. The van der Waals surface area contributed by atoms with Crippen LogP contribution in [-0.2, 0) is 16.1 Å². The molecule has 19 heavy (non-hydrogen) atoms. The van der Waals surface area contributed by atoms with Gasteiger partial charge in [0.25, 0.3) is 0 Å². The fourth-order valence-electron chi connectivity index (χ4n) is 2.17. The topological polar surface area (TPSA) is 66.7 Å². The molecule has 98 valence electrons. The average molecular weight is 258 g/mol. The van der Waals surface area contributed by atoms with Crippen molar-refractivity contribution >= 4 is 17.5 Å². The summed E-state index contributed by atoms with van der Waals surface area (Å²) in [5, 5.41) is 2.86. The molecule has 1 N–H and O–H groups in total. The predicted octanol–water partition coefficient (Wildman–Crippen LogP) is 0.181. The summed E-state index contributed by atoms with van der Waals surface area (Å²) in [5.74, 6) is -0.409. The summed E-state index contributed by atoms with van der Waals surface area (Å²) in [6.07, 6.45) is 3.72. The highest BCUT2D eigenvalue weighted by Gasteiger charge is 2.31. The zero-order valence-corrected chi connectivity index (χ0v) is 10.5. The van der Waals surface area contributed by atoms with Crippen LogP contribution >= 0.6 is 0 Å². The fraction of sp³-hybridized carbons (Fsp3) is 0.308. The number of imidazole rings is 1. The van der Waals surface area contributed by atoms with E-state index in [1.54, 1.807) is 6.92 Å². The van der Waals surface area contributed by atoms with Crippen molar-refractivity contribution in [3.05, 3.63) is 36.3 Å². The molecule has 1 unspecified atom stereocenters. The molecule has 1 aliphatic rings. The van der Waals surface area contributed by atoms with Crippen molar-refractivity contribution < 1.29 is 9.59 Å². The lowest BCUT2D eigenvalue weighted by molar-refractivity contribution is -0.149. The quantitative estimate of drug-likeness (QED) is 0.780. The minimum atomic E-state index is -0.324. The van der Waals surface area contributed by atoms with E-state index in [0.717, 1.165) is 5.65 Å². The number of rotatable bonds is 2. The van der Waals surface area contributed by atoms with Gasteiger partial charge in [0.1, 0.15) is 5.65 Å². The molecule has 0 radical (unpaired) electrons. The van der Waals surface area contributed by atoms with Crippen LogP contribution in [0.4, 0.5) is 0 Å². The van der Waals surface area contributed by atoms with Gasteiger partial charge >= 0.3 is 0 Å². The lowest BCUT2D eigenvalue weighted by Gasteiger charge is -2.29. The van der Waals surface area contributed by atoms with E-state index in [1.807, 2.05) is 35.0 Å². The van der Waals surface area contributed by atoms with Crippen LogP contribution in [0.15, 0.2) is 30.6 Å². The molecule has 1 atom stereocenters. The molecule has 1 aliphatic heterocycles. The van der Waals surface area contributed by atoms with Crippen molar-refractivity contribution in [3.8, 4) is 0 Å². The Morgan fingerprint density at radius 1 is 1.42 bits per heavy atom. The number of amides is 2. The number of nitrogens with zero attached hydrogens (tertiary/aromatic N) is 3. The van der Waals surface area contributed by atoms with Crippen molar-refractivity contribution in [3.63, 3.8) is 0 Å². The van der Waals surface area contributed by atoms with Gasteiger partial charge in [-0.25, -0.2) is 4.98 Å². The first-order valence-corrected chi connectivity index (χ1v) is 6.15. The first kappa shape index (κ1) is 11.9. The van der Waals surface area contributed by atoms with Gasteiger partial charge in [0.15, 0.2) is 0 Å². The van der Waals surface area contributed by atoms with E-state index in [9.17, 15) is 9.59 Å². The number of aromatic nitrogens is 2. The molecule has 0 spiro atoms. The van der Waals surface area contributed by atoms with E-state index in [4.69, 9.17) is 0 Å². The Morgan fingerprint density at radius 2 is 2.26 bits per heavy atom. The summed E-state index contributed by atoms with van der Waals surface area (Å²) >= 11 is 0. The van der Waals surface area contributed by atoms with Gasteiger partial charge < -0.3 is 4.40 Å². The summed E-state index contributed by atoms with van der Waals surface area (Å²) in [7, 11) is 0. The third-order valence-electron chi connectivity index (χ3n) is 3.23. The molecule has 1 saturated heterocycles. The van der Waals surface area contributed by atoms with E-state index in [1.165, 1.54) is 4.90 Å². The third kappa shape index (κ3) is 2.10. The van der Waals surface area contributed by atoms with Crippen molar-refractivity contribution in [1.29, 1.82) is 0 Å². The van der Waals surface area contributed by atoms with E-state index in [0.29, 0.717) is 5.69 Å². The number of carbonyl (C=O) groups is 2. The molecule has 3 rings (SSSR count). The third-order valence-corrected chi connectivity index (χ3v) is 3.23. The molecular formula is C13H14N4O2. The molecule has 2 aromatic rings. The zero-order valence-electron chi connectivity index (χ0n) is 10.5. The number of imide groups is 1. The van der Waals surface area contributed by atoms with Crippen molar-refractivity contribution in [2.45, 2.75) is 19.5 Å². The number of piperazine rings is 1. The second kappa shape index (κ2) is 4.47. The Hall–Kier alpha value is -2.21. The molecular weight excluding hydrogens is 244 g/mol. The van der Waals surface area contributed by atoms with Crippen molar-refractivity contribution in [1.82, 2.24) is 19.6 Å². The van der Waals surface area contributed by atoms with Crippen LogP contribution in [0.1, 0.15) is 12.6 Å². The van der Waals surface area contributed by atoms with Gasteiger partial charge in [-0.3, -0.25) is 19.8 Å². The Bertz CT molecular complexity index is 616. The summed E-state index contributed by atoms with van der Waals surface area (Å²) in [5.41, 5.74) is 1.52. The second-order valence-corrected chi connectivity index (χ2v) is 4.62. The monoisotopic (exact) mass is 258 g/mol. The Labute approximate surface area is 110 Å². The fourth-order valence-corrected chi connectivity index (χ4v) is 2.17. The SMILES string of the molecule is CC1NCC(=O)N(Cc2cn3ccccc3n2)C1=O. The molecule has 2 aromatic heterocycles. The van der Waals surface area contributed by atoms with E-state index in [2.05, 4.69) is 10.3 Å². The van der Waals surface area contributed by atoms with Crippen LogP contribution < -0.4 is 5.32 Å². The molecule has 2 amide bonds. The van der Waals surface area contributed by atoms with Gasteiger partial charge in [-0.15, -0.1) is 0 Å². The largest absolute Gasteiger partial charge is 0.307 e. The second-order valence-electron chi connectivity index (χ2n) is 4.62. The van der Waals surface area contributed by atoms with Crippen LogP contribution in [0, 0.1) is 0 Å². The molecule has 0 bridgehead atoms. The number of hydrogen-bond donors (Lipinski definition) is 1. The summed E-state index contributed by atoms with van der Waals surface area (Å²) in [6, 6.07) is 5.36. The van der Waals surface area contributed by atoms with Crippen LogP contribution in [0.2, 0.25) is 0 Å². The smallest absolute Gasteiger partial charge is 0.246 e. The normalized spacial score (nSPS) is 20.3. The van der Waals surface area contributed by atoms with Crippen LogP contribution in [-0.4, -0.2) is 38.7 Å². The van der Waals surface area contributed by atoms with Crippen LogP contribution in [0.25, 0.3) is 5.65 Å². The Kier molecular flexibility index (Phi) is 2.79. The summed E-state index contributed by atoms with van der Waals surface area (Å²) in [4.78, 5) is 29.4. The molecule has 1 fully saturated rings. The first-order chi connectivity index (χ1) is 9.15. The minimum Gasteiger partial charge on any atom is -0.307 e. The minimum absolute atomic E-state index is 0.195. The number of carbonyl (C=O) groups excluding carboxylic acids is 2. The molecule has 3 heterocycles. The molecule has 0 aliphatic carbocycles. The lowest BCUT2D eigenvalue weighted by atomic mass is 10.2. The standard InChI is InChI=1S/C13H14N4O2/c1-9-13(19)17(12(18)6-14-9)8-10-7-16-5-3-2-4-11(16)15-10/h2-5,7,9,14H,6,8H2,1H3. The van der Waals surface area contributed by atoms with E-state index in [-0.39, 0.29) is 30.9 Å². The predicted molar refractivity (Wildman–Crippen MR) is 68.2 cm³/mol. The van der Waals surface area contributed by atoms with E-state index >= 15 is 0 Å². The number of pyridine rings is 1. The lowest BCUT2D eigenvalue weighted by Crippen LogP contribution is -2.56. The Balaban J connectivity index is 1.87. The molecule has 6 heteroatoms. The number of nitrogens with one attached hydrogen (secondary N) is 1. The number of hydrogen-bond acceptors (Lipinski definition) is 4.